The van der Waals surface area contributed by atoms with Gasteiger partial charge in [0.2, 0.25) is 15.9 Å². The van der Waals surface area contributed by atoms with Crippen LogP contribution in [0.25, 0.3) is 0 Å². The highest BCUT2D eigenvalue weighted by molar-refractivity contribution is 7.92. The number of nitrogens with one attached hydrogen (secondary N) is 1. The number of carbonyl (C=O) groups excluding carboxylic acids is 1. The Bertz CT molecular complexity index is 901. The second kappa shape index (κ2) is 9.54. The fourth-order valence-corrected chi connectivity index (χ4v) is 3.86. The third kappa shape index (κ3) is 5.95. The average molecular weight is 408 g/mol. The summed E-state index contributed by atoms with van der Waals surface area (Å²) in [5.74, 6) is 0.0581. The smallest absolute Gasteiger partial charge is 0.232 e. The van der Waals surface area contributed by atoms with E-state index in [2.05, 4.69) is 5.32 Å². The van der Waals surface area contributed by atoms with Gasteiger partial charge < -0.3 is 10.1 Å². The van der Waals surface area contributed by atoms with E-state index in [1.807, 2.05) is 31.2 Å². The maximum atomic E-state index is 13.1. The van der Waals surface area contributed by atoms with Crippen LogP contribution in [0.2, 0.25) is 0 Å². The Labute approximate surface area is 165 Å². The van der Waals surface area contributed by atoms with E-state index in [9.17, 15) is 17.6 Å². The molecule has 0 heterocycles. The maximum absolute atomic E-state index is 13.1. The average Bonchev–Trinajstić information content (AvgIpc) is 2.65. The molecule has 6 nitrogen and oxygen atoms in total. The SMILES string of the molecule is COc1ccccc1[C@H](C)NC(=O)CCCN(c1ccc(F)cc1)S(C)(=O)=O. The van der Waals surface area contributed by atoms with Crippen molar-refractivity contribution in [2.24, 2.45) is 0 Å². The first-order chi connectivity index (χ1) is 13.2. The molecule has 2 aromatic rings. The summed E-state index contributed by atoms with van der Waals surface area (Å²) in [6.07, 6.45) is 1.57. The van der Waals surface area contributed by atoms with E-state index in [1.165, 1.54) is 28.6 Å². The van der Waals surface area contributed by atoms with Crippen molar-refractivity contribution in [3.63, 3.8) is 0 Å². The van der Waals surface area contributed by atoms with Gasteiger partial charge in [-0.25, -0.2) is 12.8 Å². The number of ether oxygens (including phenoxy) is 1. The van der Waals surface area contributed by atoms with Crippen LogP contribution in [0.4, 0.5) is 10.1 Å². The van der Waals surface area contributed by atoms with Crippen molar-refractivity contribution in [2.75, 3.05) is 24.2 Å². The summed E-state index contributed by atoms with van der Waals surface area (Å²) in [7, 11) is -1.97. The van der Waals surface area contributed by atoms with Crippen molar-refractivity contribution in [1.82, 2.24) is 5.32 Å². The van der Waals surface area contributed by atoms with Crippen molar-refractivity contribution in [2.45, 2.75) is 25.8 Å². The van der Waals surface area contributed by atoms with Crippen LogP contribution in [-0.2, 0) is 14.8 Å². The summed E-state index contributed by atoms with van der Waals surface area (Å²) in [6.45, 7) is 1.98. The molecule has 0 bridgehead atoms. The van der Waals surface area contributed by atoms with Crippen molar-refractivity contribution < 1.29 is 22.3 Å². The number of carbonyl (C=O) groups is 1. The number of halogens is 1. The van der Waals surface area contributed by atoms with Crippen LogP contribution in [0.3, 0.4) is 0 Å². The number of amides is 1. The van der Waals surface area contributed by atoms with E-state index in [-0.39, 0.29) is 24.9 Å². The highest BCUT2D eigenvalue weighted by atomic mass is 32.2. The van der Waals surface area contributed by atoms with Gasteiger partial charge in [-0.05, 0) is 43.7 Å². The van der Waals surface area contributed by atoms with E-state index in [4.69, 9.17) is 4.74 Å². The molecule has 1 N–H and O–H groups in total. The summed E-state index contributed by atoms with van der Waals surface area (Å²) in [4.78, 5) is 12.3. The van der Waals surface area contributed by atoms with Crippen LogP contribution in [0.5, 0.6) is 5.75 Å². The second-order valence-corrected chi connectivity index (χ2v) is 8.35. The first-order valence-electron chi connectivity index (χ1n) is 8.88. The fourth-order valence-electron chi connectivity index (χ4n) is 2.89. The van der Waals surface area contributed by atoms with Crippen LogP contribution in [0.1, 0.15) is 31.4 Å². The molecule has 0 fully saturated rings. The van der Waals surface area contributed by atoms with Crippen LogP contribution < -0.4 is 14.4 Å². The number of hydrogen-bond donors (Lipinski definition) is 1. The number of para-hydroxylation sites is 1. The zero-order valence-corrected chi connectivity index (χ0v) is 17.0. The Hall–Kier alpha value is -2.61. The summed E-state index contributed by atoms with van der Waals surface area (Å²) >= 11 is 0. The zero-order valence-electron chi connectivity index (χ0n) is 16.2. The second-order valence-electron chi connectivity index (χ2n) is 6.45. The van der Waals surface area contributed by atoms with Gasteiger partial charge in [0.25, 0.3) is 0 Å². The number of methoxy groups -OCH3 is 1. The largest absolute Gasteiger partial charge is 0.496 e. The number of benzene rings is 2. The molecule has 0 unspecified atom stereocenters. The number of rotatable bonds is 9. The molecule has 0 saturated carbocycles. The maximum Gasteiger partial charge on any atom is 0.232 e. The summed E-state index contributed by atoms with van der Waals surface area (Å²) < 4.78 is 43.7. The van der Waals surface area contributed by atoms with Crippen LogP contribution >= 0.6 is 0 Å². The molecule has 1 atom stereocenters. The molecule has 2 aromatic carbocycles. The lowest BCUT2D eigenvalue weighted by atomic mass is 10.1. The van der Waals surface area contributed by atoms with E-state index >= 15 is 0 Å². The number of sulfonamides is 1. The molecule has 0 radical (unpaired) electrons. The molecule has 0 aliphatic heterocycles. The van der Waals surface area contributed by atoms with Crippen LogP contribution in [0.15, 0.2) is 48.5 Å². The van der Waals surface area contributed by atoms with Gasteiger partial charge in [-0.3, -0.25) is 9.10 Å². The number of nitrogens with zero attached hydrogens (tertiary/aromatic N) is 1. The minimum absolute atomic E-state index is 0.126. The highest BCUT2D eigenvalue weighted by Crippen LogP contribution is 2.24. The molecule has 152 valence electrons. The Balaban J connectivity index is 1.94. The van der Waals surface area contributed by atoms with E-state index in [1.54, 1.807) is 7.11 Å². The van der Waals surface area contributed by atoms with Crippen LogP contribution in [0, 0.1) is 5.82 Å². The van der Waals surface area contributed by atoms with E-state index in [0.717, 1.165) is 11.8 Å². The quantitative estimate of drug-likeness (QED) is 0.691. The first-order valence-corrected chi connectivity index (χ1v) is 10.7. The highest BCUT2D eigenvalue weighted by Gasteiger charge is 2.18. The van der Waals surface area contributed by atoms with E-state index in [0.29, 0.717) is 17.9 Å². The lowest BCUT2D eigenvalue weighted by molar-refractivity contribution is -0.121. The lowest BCUT2D eigenvalue weighted by Crippen LogP contribution is -2.32. The van der Waals surface area contributed by atoms with Crippen molar-refractivity contribution in [1.29, 1.82) is 0 Å². The molecule has 28 heavy (non-hydrogen) atoms. The molecular formula is C20H25FN2O4S. The zero-order chi connectivity index (χ0) is 20.7. The third-order valence-corrected chi connectivity index (χ3v) is 5.46. The fraction of sp³-hybridized carbons (Fsp3) is 0.350. The molecule has 0 aliphatic carbocycles. The van der Waals surface area contributed by atoms with Crippen LogP contribution in [-0.4, -0.2) is 34.2 Å². The monoisotopic (exact) mass is 408 g/mol. The minimum Gasteiger partial charge on any atom is -0.496 e. The Morgan fingerprint density at radius 2 is 1.82 bits per heavy atom. The summed E-state index contributed by atoms with van der Waals surface area (Å²) in [6, 6.07) is 12.4. The Kier molecular flexibility index (Phi) is 7.39. The molecule has 2 rings (SSSR count). The summed E-state index contributed by atoms with van der Waals surface area (Å²) in [5, 5.41) is 2.89. The molecule has 0 spiro atoms. The molecule has 8 heteroatoms. The number of anilines is 1. The van der Waals surface area contributed by atoms with E-state index < -0.39 is 15.8 Å². The standard InChI is InChI=1S/C20H25FN2O4S/c1-15(18-7-4-5-8-19(18)27-2)22-20(24)9-6-14-23(28(3,25)26)17-12-10-16(21)11-13-17/h4-5,7-8,10-13,15H,6,9,14H2,1-3H3,(H,22,24)/t15-/m0/s1. The minimum atomic E-state index is -3.54. The predicted octanol–water partition coefficient (Wildman–Crippen LogP) is 3.26. The first kappa shape index (κ1) is 21.7. The van der Waals surface area contributed by atoms with Crippen molar-refractivity contribution in [3.05, 3.63) is 59.9 Å². The molecule has 1 amide bonds. The molecule has 0 aliphatic rings. The molecule has 0 saturated heterocycles. The van der Waals surface area contributed by atoms with Gasteiger partial charge >= 0.3 is 0 Å². The molecular weight excluding hydrogens is 383 g/mol. The Morgan fingerprint density at radius 1 is 1.18 bits per heavy atom. The normalized spacial score (nSPS) is 12.3. The van der Waals surface area contributed by atoms with Gasteiger partial charge in [-0.2, -0.15) is 0 Å². The van der Waals surface area contributed by atoms with Gasteiger partial charge in [-0.1, -0.05) is 18.2 Å². The van der Waals surface area contributed by atoms with Gasteiger partial charge in [0.1, 0.15) is 11.6 Å². The van der Waals surface area contributed by atoms with Crippen molar-refractivity contribution in [3.8, 4) is 5.75 Å². The van der Waals surface area contributed by atoms with Crippen molar-refractivity contribution >= 4 is 21.6 Å². The Morgan fingerprint density at radius 3 is 2.43 bits per heavy atom. The van der Waals surface area contributed by atoms with Gasteiger partial charge in [0.15, 0.2) is 0 Å². The van der Waals surface area contributed by atoms with Gasteiger partial charge in [-0.15, -0.1) is 0 Å². The molecule has 0 aromatic heterocycles. The summed E-state index contributed by atoms with van der Waals surface area (Å²) in [5.41, 5.74) is 1.23. The van der Waals surface area contributed by atoms with Gasteiger partial charge in [0, 0.05) is 18.5 Å². The van der Waals surface area contributed by atoms with Gasteiger partial charge in [0.05, 0.1) is 25.1 Å². The predicted molar refractivity (Wildman–Crippen MR) is 107 cm³/mol. The number of hydrogen-bond acceptors (Lipinski definition) is 4. The third-order valence-electron chi connectivity index (χ3n) is 4.26. The topological polar surface area (TPSA) is 75.7 Å². The lowest BCUT2D eigenvalue weighted by Gasteiger charge is -2.22.